The van der Waals surface area contributed by atoms with Gasteiger partial charge < -0.3 is 15.1 Å². The Kier molecular flexibility index (Phi) is 6.00. The van der Waals surface area contributed by atoms with Crippen LogP contribution in [-0.2, 0) is 6.18 Å². The second-order valence-electron chi connectivity index (χ2n) is 8.42. The number of aryl methyl sites for hydroxylation is 1. The predicted molar refractivity (Wildman–Crippen MR) is 119 cm³/mol. The maximum atomic E-state index is 13.0. The molecule has 1 atom stereocenters. The van der Waals surface area contributed by atoms with Crippen LogP contribution in [0.4, 0.5) is 18.9 Å². The number of alkyl halides is 3. The molecule has 0 aromatic heterocycles. The minimum Gasteiger partial charge on any atom is -0.377 e. The number of nitrogens with zero attached hydrogens (tertiary/aromatic N) is 2. The average Bonchev–Trinajstić information content (AvgIpc) is 3.24. The maximum absolute atomic E-state index is 13.0. The highest BCUT2D eigenvalue weighted by molar-refractivity contribution is 6.04. The average molecular weight is 441 g/mol. The molecule has 0 radical (unpaired) electrons. The lowest BCUT2D eigenvalue weighted by atomic mass is 9.92. The van der Waals surface area contributed by atoms with Crippen molar-refractivity contribution >= 4 is 11.6 Å². The first-order valence-corrected chi connectivity index (χ1v) is 10.6. The molecule has 32 heavy (non-hydrogen) atoms. The first-order chi connectivity index (χ1) is 15.2. The number of likely N-dealkylation sites (N-methyl/N-ethyl adjacent to an activating group) is 1. The number of rotatable bonds is 4. The van der Waals surface area contributed by atoms with Crippen molar-refractivity contribution in [3.8, 4) is 0 Å². The molecular formula is C25H26F3N3O. The lowest BCUT2D eigenvalue weighted by Crippen LogP contribution is -2.23. The summed E-state index contributed by atoms with van der Waals surface area (Å²) in [6.07, 6.45) is 2.95. The summed E-state index contributed by atoms with van der Waals surface area (Å²) < 4.78 is 38.9. The highest BCUT2D eigenvalue weighted by Crippen LogP contribution is 2.33. The predicted octanol–water partition coefficient (Wildman–Crippen LogP) is 5.40. The van der Waals surface area contributed by atoms with Gasteiger partial charge in [0.25, 0.3) is 5.91 Å². The number of anilines is 1. The zero-order valence-electron chi connectivity index (χ0n) is 18.1. The molecular weight excluding hydrogens is 415 g/mol. The summed E-state index contributed by atoms with van der Waals surface area (Å²) in [6.45, 7) is 4.74. The third-order valence-corrected chi connectivity index (χ3v) is 6.07. The number of hydrogen-bond donors (Lipinski definition) is 1. The van der Waals surface area contributed by atoms with Crippen LogP contribution in [0.1, 0.15) is 39.4 Å². The van der Waals surface area contributed by atoms with Crippen LogP contribution in [0, 0.1) is 6.92 Å². The van der Waals surface area contributed by atoms with Crippen molar-refractivity contribution in [2.45, 2.75) is 25.4 Å². The number of hydrogen-bond acceptors (Lipinski definition) is 3. The van der Waals surface area contributed by atoms with E-state index >= 15 is 0 Å². The molecule has 0 spiro atoms. The van der Waals surface area contributed by atoms with Crippen LogP contribution in [0.15, 0.2) is 66.5 Å². The summed E-state index contributed by atoms with van der Waals surface area (Å²) >= 11 is 0. The molecule has 1 amide bonds. The number of allylic oxidation sites excluding steroid dienone is 1. The Morgan fingerprint density at radius 2 is 1.97 bits per heavy atom. The van der Waals surface area contributed by atoms with Gasteiger partial charge in [-0.3, -0.25) is 4.79 Å². The smallest absolute Gasteiger partial charge is 0.377 e. The van der Waals surface area contributed by atoms with Gasteiger partial charge in [-0.05, 0) is 67.0 Å². The number of halogens is 3. The van der Waals surface area contributed by atoms with Crippen molar-refractivity contribution in [1.82, 2.24) is 9.80 Å². The molecule has 0 bridgehead atoms. The lowest BCUT2D eigenvalue weighted by molar-refractivity contribution is -0.137. The van der Waals surface area contributed by atoms with Crippen LogP contribution in [0.3, 0.4) is 0 Å². The molecule has 1 saturated heterocycles. The van der Waals surface area contributed by atoms with Crippen LogP contribution in [0.25, 0.3) is 0 Å². The summed E-state index contributed by atoms with van der Waals surface area (Å²) in [5, 5.41) is 2.60. The van der Waals surface area contributed by atoms with E-state index in [4.69, 9.17) is 0 Å². The van der Waals surface area contributed by atoms with E-state index in [9.17, 15) is 18.0 Å². The third-order valence-electron chi connectivity index (χ3n) is 6.07. The second-order valence-corrected chi connectivity index (χ2v) is 8.42. The van der Waals surface area contributed by atoms with Crippen LogP contribution < -0.4 is 5.32 Å². The molecule has 2 aromatic rings. The number of likely N-dealkylation sites (tertiary alicyclic amines) is 1. The van der Waals surface area contributed by atoms with E-state index in [0.717, 1.165) is 49.3 Å². The van der Waals surface area contributed by atoms with Crippen molar-refractivity contribution in [3.05, 3.63) is 88.8 Å². The van der Waals surface area contributed by atoms with E-state index in [1.807, 2.05) is 26.1 Å². The van der Waals surface area contributed by atoms with Crippen molar-refractivity contribution in [2.24, 2.45) is 0 Å². The highest BCUT2D eigenvalue weighted by atomic mass is 19.4. The van der Waals surface area contributed by atoms with Gasteiger partial charge in [0.05, 0.1) is 5.56 Å². The van der Waals surface area contributed by atoms with Crippen molar-refractivity contribution in [1.29, 1.82) is 0 Å². The van der Waals surface area contributed by atoms with E-state index in [0.29, 0.717) is 11.5 Å². The molecule has 168 valence electrons. The molecule has 1 fully saturated rings. The quantitative estimate of drug-likeness (QED) is 0.690. The Balaban J connectivity index is 1.48. The molecule has 0 saturated carbocycles. The van der Waals surface area contributed by atoms with Gasteiger partial charge in [0, 0.05) is 55.7 Å². The number of carbonyl (C=O) groups is 1. The maximum Gasteiger partial charge on any atom is 0.416 e. The Hall–Kier alpha value is -3.22. The zero-order chi connectivity index (χ0) is 22.9. The van der Waals surface area contributed by atoms with Crippen LogP contribution in [0.5, 0.6) is 0 Å². The van der Waals surface area contributed by atoms with E-state index in [2.05, 4.69) is 33.5 Å². The van der Waals surface area contributed by atoms with Crippen LogP contribution in [-0.4, -0.2) is 42.4 Å². The summed E-state index contributed by atoms with van der Waals surface area (Å²) in [5.74, 6) is -0.119. The normalized spacial score (nSPS) is 18.7. The Bertz CT molecular complexity index is 1070. The third kappa shape index (κ3) is 4.82. The van der Waals surface area contributed by atoms with Crippen molar-refractivity contribution in [2.75, 3.05) is 32.0 Å². The summed E-state index contributed by atoms with van der Waals surface area (Å²) in [6, 6.07) is 10.2. The SMILES string of the molecule is Cc1ccc(C(=O)Nc2cccc(C(F)(F)F)c2)cc1[C@H]1CCN(C2=CCN(C)C=C2)C1. The van der Waals surface area contributed by atoms with Gasteiger partial charge in [-0.15, -0.1) is 0 Å². The van der Waals surface area contributed by atoms with Gasteiger partial charge in [0.2, 0.25) is 0 Å². The first-order valence-electron chi connectivity index (χ1n) is 10.6. The fraction of sp³-hybridized carbons (Fsp3) is 0.320. The fourth-order valence-corrected chi connectivity index (χ4v) is 4.25. The lowest BCUT2D eigenvalue weighted by Gasteiger charge is -2.25. The second kappa shape index (κ2) is 8.73. The molecule has 0 unspecified atom stereocenters. The number of amides is 1. The molecule has 4 rings (SSSR count). The molecule has 1 N–H and O–H groups in total. The summed E-state index contributed by atoms with van der Waals surface area (Å²) in [7, 11) is 2.04. The molecule has 2 heterocycles. The standard InChI is InChI=1S/C25H26F3N3O/c1-17-6-7-18(24(32)29-21-5-3-4-20(15-21)25(26,27)28)14-23(17)19-8-13-31(16-19)22-9-11-30(2)12-10-22/h3-7,9-11,14-15,19H,8,12-13,16H2,1-2H3,(H,29,32)/t19-/m0/s1. The van der Waals surface area contributed by atoms with Crippen LogP contribution in [0.2, 0.25) is 0 Å². The minimum absolute atomic E-state index is 0.125. The van der Waals surface area contributed by atoms with Gasteiger partial charge in [-0.2, -0.15) is 13.2 Å². The molecule has 0 aliphatic carbocycles. The number of carbonyl (C=O) groups excluding carboxylic acids is 1. The Morgan fingerprint density at radius 1 is 1.16 bits per heavy atom. The Morgan fingerprint density at radius 3 is 2.69 bits per heavy atom. The summed E-state index contributed by atoms with van der Waals surface area (Å²) in [5.41, 5.74) is 3.23. The van der Waals surface area contributed by atoms with Gasteiger partial charge in [0.15, 0.2) is 0 Å². The zero-order valence-corrected chi connectivity index (χ0v) is 18.1. The molecule has 7 heteroatoms. The molecule has 4 nitrogen and oxygen atoms in total. The van der Waals surface area contributed by atoms with Gasteiger partial charge in [0.1, 0.15) is 0 Å². The topological polar surface area (TPSA) is 35.6 Å². The van der Waals surface area contributed by atoms with E-state index < -0.39 is 17.6 Å². The fourth-order valence-electron chi connectivity index (χ4n) is 4.25. The molecule has 2 aliphatic heterocycles. The van der Waals surface area contributed by atoms with Gasteiger partial charge >= 0.3 is 6.18 Å². The minimum atomic E-state index is -4.45. The summed E-state index contributed by atoms with van der Waals surface area (Å²) in [4.78, 5) is 17.3. The monoisotopic (exact) mass is 441 g/mol. The van der Waals surface area contributed by atoms with Crippen molar-refractivity contribution in [3.63, 3.8) is 0 Å². The van der Waals surface area contributed by atoms with E-state index in [1.54, 1.807) is 6.07 Å². The van der Waals surface area contributed by atoms with Gasteiger partial charge in [-0.1, -0.05) is 12.1 Å². The molecule has 2 aliphatic rings. The highest BCUT2D eigenvalue weighted by Gasteiger charge is 2.31. The number of nitrogens with one attached hydrogen (secondary N) is 1. The first kappa shape index (κ1) is 22.0. The molecule has 2 aromatic carbocycles. The van der Waals surface area contributed by atoms with Gasteiger partial charge in [-0.25, -0.2) is 0 Å². The Labute approximate surface area is 186 Å². The number of benzene rings is 2. The van der Waals surface area contributed by atoms with Crippen LogP contribution >= 0.6 is 0 Å². The van der Waals surface area contributed by atoms with E-state index in [-0.39, 0.29) is 5.69 Å². The van der Waals surface area contributed by atoms with E-state index in [1.165, 1.54) is 17.8 Å². The largest absolute Gasteiger partial charge is 0.416 e. The van der Waals surface area contributed by atoms with Crippen molar-refractivity contribution < 1.29 is 18.0 Å².